The monoisotopic (exact) mass is 317 g/mol. The second kappa shape index (κ2) is 6.33. The highest BCUT2D eigenvalue weighted by Gasteiger charge is 2.33. The number of carbonyl (C=O) groups excluding carboxylic acids is 1. The third-order valence-corrected chi connectivity index (χ3v) is 3.75. The van der Waals surface area contributed by atoms with Crippen LogP contribution in [-0.4, -0.2) is 52.6 Å². The molecule has 8 heteroatoms. The topological polar surface area (TPSA) is 93.4 Å². The third kappa shape index (κ3) is 3.02. The van der Waals surface area contributed by atoms with E-state index in [1.54, 1.807) is 18.9 Å². The van der Waals surface area contributed by atoms with Gasteiger partial charge < -0.3 is 19.4 Å². The van der Waals surface area contributed by atoms with Gasteiger partial charge >= 0.3 is 0 Å². The molecule has 8 nitrogen and oxygen atoms in total. The summed E-state index contributed by atoms with van der Waals surface area (Å²) in [6, 6.07) is 1.49. The minimum absolute atomic E-state index is 0.218. The number of morpholine rings is 1. The van der Waals surface area contributed by atoms with E-state index in [9.17, 15) is 4.79 Å². The Morgan fingerprint density at radius 2 is 2.22 bits per heavy atom. The van der Waals surface area contributed by atoms with Crippen molar-refractivity contribution in [1.29, 1.82) is 0 Å². The molecular weight excluding hydrogens is 298 g/mol. The Labute approximate surface area is 133 Å². The number of hydrogen-bond acceptors (Lipinski definition) is 7. The van der Waals surface area contributed by atoms with Crippen molar-refractivity contribution in [2.45, 2.75) is 19.9 Å². The summed E-state index contributed by atoms with van der Waals surface area (Å²) in [5.41, 5.74) is 1.40. The maximum atomic E-state index is 12.8. The van der Waals surface area contributed by atoms with Crippen LogP contribution in [0.3, 0.4) is 0 Å². The van der Waals surface area contributed by atoms with Crippen molar-refractivity contribution in [2.24, 2.45) is 0 Å². The van der Waals surface area contributed by atoms with E-state index >= 15 is 0 Å². The second-order valence-corrected chi connectivity index (χ2v) is 5.36. The molecule has 3 heterocycles. The van der Waals surface area contributed by atoms with E-state index in [1.807, 2.05) is 13.0 Å². The van der Waals surface area contributed by atoms with Gasteiger partial charge in [0, 0.05) is 25.4 Å². The molecular formula is C15H19N5O3. The molecule has 0 bridgehead atoms. The standard InChI is InChI=1S/C15H19N5O3/c1-9-6-12(16-3)19-14(18-9)11-7-22-5-4-20(11)15(21)13-10(2)17-8-23-13/h6,8,11H,4-5,7H2,1-3H3,(H,16,18,19)/t11-/m1/s1. The van der Waals surface area contributed by atoms with E-state index < -0.39 is 0 Å². The molecule has 3 rings (SSSR count). The van der Waals surface area contributed by atoms with Crippen LogP contribution in [0.25, 0.3) is 0 Å². The van der Waals surface area contributed by atoms with Crippen LogP contribution in [0.2, 0.25) is 0 Å². The fourth-order valence-electron chi connectivity index (χ4n) is 2.57. The number of rotatable bonds is 3. The molecule has 23 heavy (non-hydrogen) atoms. The van der Waals surface area contributed by atoms with Crippen molar-refractivity contribution in [2.75, 3.05) is 32.1 Å². The summed E-state index contributed by atoms with van der Waals surface area (Å²) < 4.78 is 10.8. The molecule has 1 saturated heterocycles. The van der Waals surface area contributed by atoms with Crippen LogP contribution in [0, 0.1) is 13.8 Å². The van der Waals surface area contributed by atoms with Gasteiger partial charge in [-0.15, -0.1) is 0 Å². The molecule has 1 aliphatic heterocycles. The first-order valence-electron chi connectivity index (χ1n) is 7.42. The SMILES string of the molecule is CNc1cc(C)nc([C@H]2COCCN2C(=O)c2ocnc2C)n1. The zero-order valence-corrected chi connectivity index (χ0v) is 13.4. The lowest BCUT2D eigenvalue weighted by molar-refractivity contribution is -0.00680. The average molecular weight is 317 g/mol. The number of nitrogens with zero attached hydrogens (tertiary/aromatic N) is 4. The van der Waals surface area contributed by atoms with Crippen molar-refractivity contribution < 1.29 is 13.9 Å². The van der Waals surface area contributed by atoms with Crippen molar-refractivity contribution in [3.63, 3.8) is 0 Å². The maximum absolute atomic E-state index is 12.8. The van der Waals surface area contributed by atoms with E-state index in [-0.39, 0.29) is 17.7 Å². The molecule has 0 spiro atoms. The summed E-state index contributed by atoms with van der Waals surface area (Å²) in [7, 11) is 1.80. The quantitative estimate of drug-likeness (QED) is 0.913. The predicted octanol–water partition coefficient (Wildman–Crippen LogP) is 1.34. The summed E-state index contributed by atoms with van der Waals surface area (Å²) in [5, 5.41) is 3.00. The van der Waals surface area contributed by atoms with Crippen LogP contribution in [0.4, 0.5) is 5.82 Å². The first-order valence-corrected chi connectivity index (χ1v) is 7.42. The summed E-state index contributed by atoms with van der Waals surface area (Å²) in [6.45, 7) is 4.92. The smallest absolute Gasteiger partial charge is 0.292 e. The molecule has 0 unspecified atom stereocenters. The number of ether oxygens (including phenoxy) is 1. The summed E-state index contributed by atoms with van der Waals surface area (Å²) >= 11 is 0. The van der Waals surface area contributed by atoms with Gasteiger partial charge in [-0.3, -0.25) is 4.79 Å². The Morgan fingerprint density at radius 1 is 1.39 bits per heavy atom. The van der Waals surface area contributed by atoms with Crippen molar-refractivity contribution in [3.8, 4) is 0 Å². The Balaban J connectivity index is 1.94. The molecule has 1 N–H and O–H groups in total. The lowest BCUT2D eigenvalue weighted by Gasteiger charge is -2.34. The number of carbonyl (C=O) groups is 1. The van der Waals surface area contributed by atoms with Gasteiger partial charge in [-0.1, -0.05) is 0 Å². The number of anilines is 1. The van der Waals surface area contributed by atoms with Crippen LogP contribution < -0.4 is 5.32 Å². The molecule has 1 fully saturated rings. The van der Waals surface area contributed by atoms with Gasteiger partial charge in [0.15, 0.2) is 12.2 Å². The Morgan fingerprint density at radius 3 is 2.91 bits per heavy atom. The van der Waals surface area contributed by atoms with Crippen LogP contribution in [-0.2, 0) is 4.74 Å². The Kier molecular flexibility index (Phi) is 4.24. The molecule has 0 aromatic carbocycles. The number of amides is 1. The van der Waals surface area contributed by atoms with Gasteiger partial charge in [0.2, 0.25) is 5.76 Å². The van der Waals surface area contributed by atoms with Gasteiger partial charge in [0.05, 0.1) is 18.9 Å². The highest BCUT2D eigenvalue weighted by atomic mass is 16.5. The molecule has 0 radical (unpaired) electrons. The third-order valence-electron chi connectivity index (χ3n) is 3.75. The number of aromatic nitrogens is 3. The zero-order valence-electron chi connectivity index (χ0n) is 13.4. The molecule has 1 atom stereocenters. The van der Waals surface area contributed by atoms with Gasteiger partial charge in [0.25, 0.3) is 5.91 Å². The van der Waals surface area contributed by atoms with E-state index in [0.717, 1.165) is 5.69 Å². The average Bonchev–Trinajstić information content (AvgIpc) is 2.99. The molecule has 0 saturated carbocycles. The normalized spacial score (nSPS) is 18.0. The van der Waals surface area contributed by atoms with Crippen LogP contribution >= 0.6 is 0 Å². The summed E-state index contributed by atoms with van der Waals surface area (Å²) in [5.74, 6) is 1.30. The first kappa shape index (κ1) is 15.4. The Bertz CT molecular complexity index is 715. The Hall–Kier alpha value is -2.48. The summed E-state index contributed by atoms with van der Waals surface area (Å²) in [6.07, 6.45) is 1.28. The van der Waals surface area contributed by atoms with Crippen molar-refractivity contribution >= 4 is 11.7 Å². The maximum Gasteiger partial charge on any atom is 0.292 e. The lowest BCUT2D eigenvalue weighted by atomic mass is 10.1. The van der Waals surface area contributed by atoms with E-state index in [1.165, 1.54) is 6.39 Å². The fourth-order valence-corrected chi connectivity index (χ4v) is 2.57. The molecule has 2 aromatic heterocycles. The molecule has 2 aromatic rings. The van der Waals surface area contributed by atoms with E-state index in [4.69, 9.17) is 9.15 Å². The minimum Gasteiger partial charge on any atom is -0.438 e. The second-order valence-electron chi connectivity index (χ2n) is 5.36. The summed E-state index contributed by atoms with van der Waals surface area (Å²) in [4.78, 5) is 27.4. The van der Waals surface area contributed by atoms with Gasteiger partial charge in [-0.05, 0) is 13.8 Å². The van der Waals surface area contributed by atoms with Crippen LogP contribution in [0.5, 0.6) is 0 Å². The predicted molar refractivity (Wildman–Crippen MR) is 82.2 cm³/mol. The van der Waals surface area contributed by atoms with Crippen LogP contribution in [0.1, 0.15) is 33.8 Å². The van der Waals surface area contributed by atoms with Gasteiger partial charge in [-0.25, -0.2) is 15.0 Å². The fraction of sp³-hybridized carbons (Fsp3) is 0.467. The van der Waals surface area contributed by atoms with Gasteiger partial charge in [0.1, 0.15) is 11.9 Å². The number of hydrogen-bond donors (Lipinski definition) is 1. The van der Waals surface area contributed by atoms with Crippen LogP contribution in [0.15, 0.2) is 16.9 Å². The van der Waals surface area contributed by atoms with Crippen molar-refractivity contribution in [3.05, 3.63) is 35.4 Å². The molecule has 1 amide bonds. The van der Waals surface area contributed by atoms with Gasteiger partial charge in [-0.2, -0.15) is 0 Å². The molecule has 122 valence electrons. The first-order chi connectivity index (χ1) is 11.1. The zero-order chi connectivity index (χ0) is 16.4. The number of nitrogens with one attached hydrogen (secondary N) is 1. The molecule has 1 aliphatic rings. The number of oxazole rings is 1. The lowest BCUT2D eigenvalue weighted by Crippen LogP contribution is -2.44. The number of aryl methyl sites for hydroxylation is 2. The largest absolute Gasteiger partial charge is 0.438 e. The van der Waals surface area contributed by atoms with E-state index in [0.29, 0.717) is 37.1 Å². The molecule has 0 aliphatic carbocycles. The minimum atomic E-state index is -0.354. The van der Waals surface area contributed by atoms with E-state index in [2.05, 4.69) is 20.3 Å². The van der Waals surface area contributed by atoms with Crippen molar-refractivity contribution in [1.82, 2.24) is 19.9 Å². The highest BCUT2D eigenvalue weighted by Crippen LogP contribution is 2.25. The highest BCUT2D eigenvalue weighted by molar-refractivity contribution is 5.92.